The Bertz CT molecular complexity index is 947. The summed E-state index contributed by atoms with van der Waals surface area (Å²) in [7, 11) is 3.47. The van der Waals surface area contributed by atoms with E-state index in [2.05, 4.69) is 10.2 Å². The maximum absolute atomic E-state index is 12.6. The number of carbonyl (C=O) groups excluding carboxylic acids is 1. The number of hydrogen-bond acceptors (Lipinski definition) is 4. The molecule has 1 amide bonds. The lowest BCUT2D eigenvalue weighted by Crippen LogP contribution is -2.28. The van der Waals surface area contributed by atoms with Gasteiger partial charge in [0.15, 0.2) is 12.4 Å². The average molecular weight is 408 g/mol. The highest BCUT2D eigenvalue weighted by Crippen LogP contribution is 2.25. The number of benzene rings is 1. The molecule has 142 valence electrons. The summed E-state index contributed by atoms with van der Waals surface area (Å²) in [6.07, 6.45) is 3.24. The lowest BCUT2D eigenvalue weighted by molar-refractivity contribution is 0.0774. The van der Waals surface area contributed by atoms with Gasteiger partial charge in [-0.05, 0) is 30.7 Å². The molecule has 0 saturated heterocycles. The standard InChI is InChI=1S/C18H19Cl2N5O2/c1-12-4-5-13(19)17(8-12)27-11-25-7-6-15(22-25)18(26)23(2)10-16-14(20)9-21-24(16)3/h4-9H,10-11H2,1-3H3. The fraction of sp³-hybridized carbons (Fsp3) is 0.278. The lowest BCUT2D eigenvalue weighted by Gasteiger charge is -2.16. The minimum Gasteiger partial charge on any atom is -0.470 e. The Balaban J connectivity index is 1.64. The van der Waals surface area contributed by atoms with Gasteiger partial charge in [0, 0.05) is 20.3 Å². The molecule has 7 nitrogen and oxygen atoms in total. The van der Waals surface area contributed by atoms with E-state index in [4.69, 9.17) is 27.9 Å². The summed E-state index contributed by atoms with van der Waals surface area (Å²) in [5.41, 5.74) is 2.11. The van der Waals surface area contributed by atoms with Crippen LogP contribution in [0, 0.1) is 6.92 Å². The Morgan fingerprint density at radius 1 is 1.26 bits per heavy atom. The van der Waals surface area contributed by atoms with E-state index in [9.17, 15) is 4.79 Å². The van der Waals surface area contributed by atoms with Crippen LogP contribution in [0.1, 0.15) is 21.7 Å². The maximum Gasteiger partial charge on any atom is 0.274 e. The predicted octanol–water partition coefficient (Wildman–Crippen LogP) is 3.54. The van der Waals surface area contributed by atoms with Crippen molar-refractivity contribution in [2.24, 2.45) is 7.05 Å². The molecule has 0 spiro atoms. The fourth-order valence-corrected chi connectivity index (χ4v) is 2.91. The van der Waals surface area contributed by atoms with Gasteiger partial charge in [-0.2, -0.15) is 10.2 Å². The summed E-state index contributed by atoms with van der Waals surface area (Å²) in [5.74, 6) is 0.350. The molecule has 9 heteroatoms. The average Bonchev–Trinajstić information content (AvgIpc) is 3.24. The van der Waals surface area contributed by atoms with Crippen molar-refractivity contribution in [1.29, 1.82) is 0 Å². The van der Waals surface area contributed by atoms with Crippen LogP contribution in [0.2, 0.25) is 10.0 Å². The molecule has 0 unspecified atom stereocenters. The van der Waals surface area contributed by atoms with Gasteiger partial charge in [-0.3, -0.25) is 9.48 Å². The van der Waals surface area contributed by atoms with Crippen LogP contribution >= 0.6 is 23.2 Å². The predicted molar refractivity (Wildman–Crippen MR) is 103 cm³/mol. The highest BCUT2D eigenvalue weighted by atomic mass is 35.5. The van der Waals surface area contributed by atoms with Crippen molar-refractivity contribution in [3.63, 3.8) is 0 Å². The van der Waals surface area contributed by atoms with Gasteiger partial charge in [-0.1, -0.05) is 29.3 Å². The number of rotatable bonds is 6. The molecule has 3 rings (SSSR count). The second kappa shape index (κ2) is 8.02. The SMILES string of the molecule is Cc1ccc(Cl)c(OCn2ccc(C(=O)N(C)Cc3c(Cl)cnn3C)n2)c1. The summed E-state index contributed by atoms with van der Waals surface area (Å²) in [4.78, 5) is 14.1. The third kappa shape index (κ3) is 4.43. The number of aromatic nitrogens is 4. The van der Waals surface area contributed by atoms with E-state index in [0.717, 1.165) is 11.3 Å². The summed E-state index contributed by atoms with van der Waals surface area (Å²) < 4.78 is 8.87. The number of aryl methyl sites for hydroxylation is 2. The van der Waals surface area contributed by atoms with Crippen LogP contribution in [-0.4, -0.2) is 37.4 Å². The van der Waals surface area contributed by atoms with Crippen molar-refractivity contribution in [2.75, 3.05) is 7.05 Å². The smallest absolute Gasteiger partial charge is 0.274 e. The Labute approximate surface area is 167 Å². The zero-order chi connectivity index (χ0) is 19.6. The van der Waals surface area contributed by atoms with Gasteiger partial charge in [-0.25, -0.2) is 4.68 Å². The van der Waals surface area contributed by atoms with Crippen molar-refractivity contribution in [3.8, 4) is 5.75 Å². The van der Waals surface area contributed by atoms with Gasteiger partial charge in [0.25, 0.3) is 5.91 Å². The van der Waals surface area contributed by atoms with E-state index in [1.54, 1.807) is 43.3 Å². The summed E-state index contributed by atoms with van der Waals surface area (Å²) >= 11 is 12.2. The monoisotopic (exact) mass is 407 g/mol. The lowest BCUT2D eigenvalue weighted by atomic mass is 10.2. The number of carbonyl (C=O) groups is 1. The molecule has 27 heavy (non-hydrogen) atoms. The number of amides is 1. The minimum absolute atomic E-state index is 0.147. The number of hydrogen-bond donors (Lipinski definition) is 0. The van der Waals surface area contributed by atoms with Gasteiger partial charge >= 0.3 is 0 Å². The molecule has 2 heterocycles. The van der Waals surface area contributed by atoms with Gasteiger partial charge in [0.1, 0.15) is 5.75 Å². The van der Waals surface area contributed by atoms with E-state index in [0.29, 0.717) is 28.0 Å². The van der Waals surface area contributed by atoms with Crippen LogP contribution in [-0.2, 0) is 20.3 Å². The first kappa shape index (κ1) is 19.3. The molecular weight excluding hydrogens is 389 g/mol. The normalized spacial score (nSPS) is 10.9. The molecule has 3 aromatic rings. The summed E-state index contributed by atoms with van der Waals surface area (Å²) in [6, 6.07) is 7.18. The maximum atomic E-state index is 12.6. The second-order valence-corrected chi connectivity index (χ2v) is 6.99. The first-order valence-corrected chi connectivity index (χ1v) is 8.95. The first-order valence-electron chi connectivity index (χ1n) is 8.19. The molecule has 1 aromatic carbocycles. The molecular formula is C18H19Cl2N5O2. The molecule has 0 saturated carbocycles. The third-order valence-corrected chi connectivity index (χ3v) is 4.67. The molecule has 0 aliphatic carbocycles. The largest absolute Gasteiger partial charge is 0.470 e. The Morgan fingerprint density at radius 2 is 2.04 bits per heavy atom. The Kier molecular flexibility index (Phi) is 5.72. The number of halogens is 2. The molecule has 0 fully saturated rings. The van der Waals surface area contributed by atoms with Crippen molar-refractivity contribution in [2.45, 2.75) is 20.2 Å². The molecule has 0 bridgehead atoms. The Hall–Kier alpha value is -2.51. The van der Waals surface area contributed by atoms with Crippen molar-refractivity contribution in [3.05, 3.63) is 63.7 Å². The topological polar surface area (TPSA) is 65.2 Å². The van der Waals surface area contributed by atoms with Crippen molar-refractivity contribution in [1.82, 2.24) is 24.5 Å². The van der Waals surface area contributed by atoms with Crippen LogP contribution < -0.4 is 4.74 Å². The van der Waals surface area contributed by atoms with E-state index in [1.165, 1.54) is 9.58 Å². The van der Waals surface area contributed by atoms with E-state index >= 15 is 0 Å². The quantitative estimate of drug-likeness (QED) is 0.626. The van der Waals surface area contributed by atoms with E-state index < -0.39 is 0 Å². The van der Waals surface area contributed by atoms with Crippen molar-refractivity contribution < 1.29 is 9.53 Å². The van der Waals surface area contributed by atoms with Gasteiger partial charge in [0.2, 0.25) is 0 Å². The molecule has 0 atom stereocenters. The zero-order valence-corrected chi connectivity index (χ0v) is 16.7. The van der Waals surface area contributed by atoms with E-state index in [1.807, 2.05) is 19.1 Å². The Morgan fingerprint density at radius 3 is 2.74 bits per heavy atom. The van der Waals surface area contributed by atoms with E-state index in [-0.39, 0.29) is 12.6 Å². The van der Waals surface area contributed by atoms with Crippen molar-refractivity contribution >= 4 is 29.1 Å². The first-order chi connectivity index (χ1) is 12.8. The number of nitrogens with zero attached hydrogens (tertiary/aromatic N) is 5. The van der Waals surface area contributed by atoms with Gasteiger partial charge < -0.3 is 9.64 Å². The molecule has 2 aromatic heterocycles. The molecule has 0 aliphatic rings. The highest BCUT2D eigenvalue weighted by molar-refractivity contribution is 6.32. The summed E-state index contributed by atoms with van der Waals surface area (Å²) in [5, 5.41) is 9.39. The van der Waals surface area contributed by atoms with Crippen LogP contribution in [0.3, 0.4) is 0 Å². The van der Waals surface area contributed by atoms with Gasteiger partial charge in [0.05, 0.1) is 28.5 Å². The van der Waals surface area contributed by atoms with Crippen LogP contribution in [0.15, 0.2) is 36.7 Å². The van der Waals surface area contributed by atoms with Crippen LogP contribution in [0.25, 0.3) is 0 Å². The zero-order valence-electron chi connectivity index (χ0n) is 15.2. The molecule has 0 N–H and O–H groups in total. The highest BCUT2D eigenvalue weighted by Gasteiger charge is 2.18. The van der Waals surface area contributed by atoms with Crippen LogP contribution in [0.5, 0.6) is 5.75 Å². The summed E-state index contributed by atoms with van der Waals surface area (Å²) in [6.45, 7) is 2.43. The molecule has 0 aliphatic heterocycles. The fourth-order valence-electron chi connectivity index (χ4n) is 2.51. The molecule has 0 radical (unpaired) electrons. The minimum atomic E-state index is -0.223. The van der Waals surface area contributed by atoms with Crippen LogP contribution in [0.4, 0.5) is 0 Å². The second-order valence-electron chi connectivity index (χ2n) is 6.17. The number of ether oxygens (including phenoxy) is 1. The van der Waals surface area contributed by atoms with Gasteiger partial charge in [-0.15, -0.1) is 0 Å². The third-order valence-electron chi connectivity index (χ3n) is 4.04.